The fraction of sp³-hybridized carbons (Fsp3) is 0.381. The summed E-state index contributed by atoms with van der Waals surface area (Å²) >= 11 is 0. The lowest BCUT2D eigenvalue weighted by molar-refractivity contribution is -0.137. The number of para-hydroxylation sites is 1. The molecule has 1 atom stereocenters. The van der Waals surface area contributed by atoms with Crippen LogP contribution in [0.3, 0.4) is 0 Å². The first-order valence-electron chi connectivity index (χ1n) is 8.92. The van der Waals surface area contributed by atoms with E-state index >= 15 is 0 Å². The van der Waals surface area contributed by atoms with Crippen molar-refractivity contribution in [3.05, 3.63) is 66.2 Å². The number of nitrogens with one attached hydrogen (secondary N) is 1. The van der Waals surface area contributed by atoms with E-state index < -0.39 is 5.60 Å². The van der Waals surface area contributed by atoms with Crippen LogP contribution in [-0.4, -0.2) is 35.0 Å². The van der Waals surface area contributed by atoms with Crippen molar-refractivity contribution >= 4 is 11.6 Å². The fourth-order valence-electron chi connectivity index (χ4n) is 3.35. The van der Waals surface area contributed by atoms with Crippen LogP contribution in [-0.2, 0) is 10.4 Å². The van der Waals surface area contributed by atoms with Gasteiger partial charge < -0.3 is 15.3 Å². The van der Waals surface area contributed by atoms with E-state index in [9.17, 15) is 9.90 Å². The van der Waals surface area contributed by atoms with Gasteiger partial charge in [0.15, 0.2) is 0 Å². The first-order chi connectivity index (χ1) is 12.0. The van der Waals surface area contributed by atoms with Gasteiger partial charge in [-0.2, -0.15) is 0 Å². The molecule has 2 aromatic rings. The smallest absolute Gasteiger partial charge is 0.225 e. The number of carbonyl (C=O) groups is 1. The molecule has 1 fully saturated rings. The third-order valence-corrected chi connectivity index (χ3v) is 4.88. The molecular weight excluding hydrogens is 312 g/mol. The highest BCUT2D eigenvalue weighted by atomic mass is 16.3. The average Bonchev–Trinajstić information content (AvgIpc) is 2.63. The summed E-state index contributed by atoms with van der Waals surface area (Å²) < 4.78 is 0. The molecular formula is C21H26N2O2. The van der Waals surface area contributed by atoms with Gasteiger partial charge in [-0.15, -0.1) is 0 Å². The Kier molecular flexibility index (Phi) is 5.39. The number of rotatable bonds is 5. The lowest BCUT2D eigenvalue weighted by atomic mass is 9.91. The third kappa shape index (κ3) is 4.60. The Morgan fingerprint density at radius 1 is 1.08 bits per heavy atom. The SMILES string of the molecule is C[C@@](O)(CC(=O)N1CCC(Nc2ccccc2)CC1)c1ccccc1. The van der Waals surface area contributed by atoms with Crippen molar-refractivity contribution in [2.75, 3.05) is 18.4 Å². The lowest BCUT2D eigenvalue weighted by Crippen LogP contribution is -2.44. The number of nitrogens with zero attached hydrogens (tertiary/aromatic N) is 1. The maximum Gasteiger partial charge on any atom is 0.225 e. The first kappa shape index (κ1) is 17.5. The number of anilines is 1. The largest absolute Gasteiger partial charge is 0.385 e. The molecule has 0 saturated carbocycles. The van der Waals surface area contributed by atoms with Crippen molar-refractivity contribution in [1.82, 2.24) is 4.90 Å². The highest BCUT2D eigenvalue weighted by Gasteiger charge is 2.30. The molecule has 2 aromatic carbocycles. The first-order valence-corrected chi connectivity index (χ1v) is 8.92. The van der Waals surface area contributed by atoms with Gasteiger partial charge in [-0.25, -0.2) is 0 Å². The highest BCUT2D eigenvalue weighted by molar-refractivity contribution is 5.77. The Labute approximate surface area is 149 Å². The second-order valence-electron chi connectivity index (χ2n) is 6.98. The number of benzene rings is 2. The minimum atomic E-state index is -1.13. The molecule has 1 aliphatic heterocycles. The number of likely N-dealkylation sites (tertiary alicyclic amines) is 1. The Morgan fingerprint density at radius 2 is 1.64 bits per heavy atom. The molecule has 132 valence electrons. The number of aliphatic hydroxyl groups is 1. The predicted molar refractivity (Wildman–Crippen MR) is 100 cm³/mol. The van der Waals surface area contributed by atoms with Crippen LogP contribution >= 0.6 is 0 Å². The van der Waals surface area contributed by atoms with Crippen LogP contribution in [0, 0.1) is 0 Å². The van der Waals surface area contributed by atoms with Crippen molar-refractivity contribution in [3.63, 3.8) is 0 Å². The zero-order chi connectivity index (χ0) is 17.7. The van der Waals surface area contributed by atoms with Crippen molar-refractivity contribution in [2.45, 2.75) is 37.8 Å². The van der Waals surface area contributed by atoms with E-state index in [4.69, 9.17) is 0 Å². The van der Waals surface area contributed by atoms with Crippen LogP contribution in [0.2, 0.25) is 0 Å². The summed E-state index contributed by atoms with van der Waals surface area (Å²) in [5.74, 6) is 0.0204. The van der Waals surface area contributed by atoms with E-state index in [-0.39, 0.29) is 12.3 Å². The van der Waals surface area contributed by atoms with Gasteiger partial charge in [-0.1, -0.05) is 48.5 Å². The van der Waals surface area contributed by atoms with Gasteiger partial charge in [0.2, 0.25) is 5.91 Å². The van der Waals surface area contributed by atoms with Gasteiger partial charge in [0.05, 0.1) is 12.0 Å². The zero-order valence-corrected chi connectivity index (χ0v) is 14.7. The van der Waals surface area contributed by atoms with Gasteiger partial charge in [-0.05, 0) is 37.5 Å². The van der Waals surface area contributed by atoms with Gasteiger partial charge in [0, 0.05) is 24.8 Å². The summed E-state index contributed by atoms with van der Waals surface area (Å²) in [6, 6.07) is 20.0. The number of amides is 1. The maximum absolute atomic E-state index is 12.6. The van der Waals surface area contributed by atoms with E-state index in [1.807, 2.05) is 53.4 Å². The van der Waals surface area contributed by atoms with E-state index in [0.29, 0.717) is 6.04 Å². The van der Waals surface area contributed by atoms with Crippen LogP contribution in [0.5, 0.6) is 0 Å². The Hall–Kier alpha value is -2.33. The second kappa shape index (κ2) is 7.70. The molecule has 0 unspecified atom stereocenters. The van der Waals surface area contributed by atoms with Crippen LogP contribution in [0.25, 0.3) is 0 Å². The van der Waals surface area contributed by atoms with Crippen molar-refractivity contribution < 1.29 is 9.90 Å². The summed E-state index contributed by atoms with van der Waals surface area (Å²) in [7, 11) is 0. The van der Waals surface area contributed by atoms with E-state index in [2.05, 4.69) is 17.4 Å². The van der Waals surface area contributed by atoms with Gasteiger partial charge in [0.1, 0.15) is 0 Å². The Balaban J connectivity index is 1.51. The van der Waals surface area contributed by atoms with Crippen molar-refractivity contribution in [2.24, 2.45) is 0 Å². The molecule has 25 heavy (non-hydrogen) atoms. The quantitative estimate of drug-likeness (QED) is 0.879. The molecule has 0 aromatic heterocycles. The van der Waals surface area contributed by atoms with Crippen LogP contribution < -0.4 is 5.32 Å². The molecule has 2 N–H and O–H groups in total. The second-order valence-corrected chi connectivity index (χ2v) is 6.98. The summed E-state index contributed by atoms with van der Waals surface area (Å²) in [5.41, 5.74) is 0.778. The summed E-state index contributed by atoms with van der Waals surface area (Å²) in [6.07, 6.45) is 1.97. The molecule has 1 saturated heterocycles. The molecule has 1 aliphatic rings. The van der Waals surface area contributed by atoms with Gasteiger partial charge in [0.25, 0.3) is 0 Å². The normalized spacial score (nSPS) is 17.8. The molecule has 3 rings (SSSR count). The Bertz CT molecular complexity index is 678. The maximum atomic E-state index is 12.6. The van der Waals surface area contributed by atoms with E-state index in [1.165, 1.54) is 0 Å². The molecule has 1 heterocycles. The highest BCUT2D eigenvalue weighted by Crippen LogP contribution is 2.26. The molecule has 1 amide bonds. The standard InChI is InChI=1S/C21H26N2O2/c1-21(25,17-8-4-2-5-9-17)16-20(24)23-14-12-19(13-15-23)22-18-10-6-3-7-11-18/h2-11,19,22,25H,12-16H2,1H3/t21-/m1/s1. The van der Waals surface area contributed by atoms with E-state index in [1.54, 1.807) is 6.92 Å². The molecule has 0 aliphatic carbocycles. The lowest BCUT2D eigenvalue weighted by Gasteiger charge is -2.34. The minimum Gasteiger partial charge on any atom is -0.385 e. The number of carbonyl (C=O) groups excluding carboxylic acids is 1. The van der Waals surface area contributed by atoms with Crippen LogP contribution in [0.4, 0.5) is 5.69 Å². The Morgan fingerprint density at radius 3 is 2.24 bits per heavy atom. The molecule has 0 spiro atoms. The van der Waals surface area contributed by atoms with Gasteiger partial charge in [-0.3, -0.25) is 4.79 Å². The third-order valence-electron chi connectivity index (χ3n) is 4.88. The van der Waals surface area contributed by atoms with Crippen molar-refractivity contribution in [3.8, 4) is 0 Å². The molecule has 4 heteroatoms. The fourth-order valence-corrected chi connectivity index (χ4v) is 3.35. The summed E-state index contributed by atoms with van der Waals surface area (Å²) in [5, 5.41) is 14.2. The number of piperidine rings is 1. The number of hydrogen-bond donors (Lipinski definition) is 2. The van der Waals surface area contributed by atoms with Crippen LogP contribution in [0.15, 0.2) is 60.7 Å². The average molecular weight is 338 g/mol. The molecule has 0 radical (unpaired) electrons. The predicted octanol–water partition coefficient (Wildman–Crippen LogP) is 3.39. The zero-order valence-electron chi connectivity index (χ0n) is 14.7. The number of hydrogen-bond acceptors (Lipinski definition) is 3. The molecule has 0 bridgehead atoms. The monoisotopic (exact) mass is 338 g/mol. The topological polar surface area (TPSA) is 52.6 Å². The van der Waals surface area contributed by atoms with E-state index in [0.717, 1.165) is 37.2 Å². The van der Waals surface area contributed by atoms with Crippen LogP contribution in [0.1, 0.15) is 31.7 Å². The minimum absolute atomic E-state index is 0.0204. The summed E-state index contributed by atoms with van der Waals surface area (Å²) in [6.45, 7) is 3.17. The van der Waals surface area contributed by atoms with Crippen molar-refractivity contribution in [1.29, 1.82) is 0 Å². The van der Waals surface area contributed by atoms with Gasteiger partial charge >= 0.3 is 0 Å². The molecule has 4 nitrogen and oxygen atoms in total. The summed E-state index contributed by atoms with van der Waals surface area (Å²) in [4.78, 5) is 14.5.